The Morgan fingerprint density at radius 1 is 1.11 bits per heavy atom. The van der Waals surface area contributed by atoms with Crippen molar-refractivity contribution in [2.24, 2.45) is 11.8 Å². The summed E-state index contributed by atoms with van der Waals surface area (Å²) in [5.41, 5.74) is 1.49. The predicted molar refractivity (Wildman–Crippen MR) is 141 cm³/mol. The Hall–Kier alpha value is -2.12. The van der Waals surface area contributed by atoms with Gasteiger partial charge in [0.15, 0.2) is 5.78 Å². The van der Waals surface area contributed by atoms with Crippen molar-refractivity contribution in [3.05, 3.63) is 36.0 Å². The Labute approximate surface area is 213 Å². The van der Waals surface area contributed by atoms with E-state index in [1.807, 2.05) is 18.2 Å². The van der Waals surface area contributed by atoms with E-state index in [2.05, 4.69) is 21.6 Å². The number of pyridine rings is 1. The predicted octanol–water partition coefficient (Wildman–Crippen LogP) is 5.38. The Balaban J connectivity index is 1.36. The molecule has 0 radical (unpaired) electrons. The number of aromatic nitrogens is 1. The van der Waals surface area contributed by atoms with Crippen molar-refractivity contribution in [2.45, 2.75) is 56.6 Å². The first-order valence-corrected chi connectivity index (χ1v) is 14.0. The second-order valence-electron chi connectivity index (χ2n) is 9.87. The van der Waals surface area contributed by atoms with Crippen LogP contribution in [0.2, 0.25) is 0 Å². The van der Waals surface area contributed by atoms with Crippen molar-refractivity contribution in [3.8, 4) is 5.75 Å². The van der Waals surface area contributed by atoms with Gasteiger partial charge in [-0.05, 0) is 68.3 Å². The van der Waals surface area contributed by atoms with Crippen LogP contribution in [0, 0.1) is 11.8 Å². The van der Waals surface area contributed by atoms with Crippen LogP contribution in [0.25, 0.3) is 10.9 Å². The molecule has 35 heavy (non-hydrogen) atoms. The molecular formula is C28H38N2O4S. The van der Waals surface area contributed by atoms with E-state index in [9.17, 15) is 9.59 Å². The molecule has 2 heterocycles. The molecule has 1 aromatic carbocycles. The van der Waals surface area contributed by atoms with Crippen molar-refractivity contribution >= 4 is 34.4 Å². The molecule has 4 rings (SSSR count). The van der Waals surface area contributed by atoms with Gasteiger partial charge in [0, 0.05) is 54.1 Å². The molecule has 1 aliphatic heterocycles. The van der Waals surface area contributed by atoms with Crippen molar-refractivity contribution in [3.63, 3.8) is 0 Å². The molecule has 6 nitrogen and oxygen atoms in total. The third kappa shape index (κ3) is 6.98. The lowest BCUT2D eigenvalue weighted by molar-refractivity contribution is -0.142. The second kappa shape index (κ2) is 12.7. The number of rotatable bonds is 11. The molecule has 190 valence electrons. The van der Waals surface area contributed by atoms with Gasteiger partial charge in [0.05, 0.1) is 19.7 Å². The molecule has 1 aliphatic carbocycles. The first-order valence-electron chi connectivity index (χ1n) is 12.9. The average Bonchev–Trinajstić information content (AvgIpc) is 3.40. The van der Waals surface area contributed by atoms with Crippen LogP contribution in [-0.4, -0.2) is 66.5 Å². The molecule has 2 fully saturated rings. The summed E-state index contributed by atoms with van der Waals surface area (Å²) in [6.07, 6.45) is 9.90. The standard InChI is InChI=1S/C28H38N2O4S/c1-33-22-8-9-26-25(18-22)24(11-13-29-26)27(31)10-7-20-12-14-30(19-21(20)17-28(32)34-2)15-16-35-23-5-3-4-6-23/h8-9,11,13,18,20-21,23H,3-7,10,12,14-17,19H2,1-2H3/t20-,21+/m1/s1. The molecule has 1 aromatic heterocycles. The number of hydrogen-bond donors (Lipinski definition) is 0. The number of methoxy groups -OCH3 is 2. The molecule has 2 aromatic rings. The third-order valence-corrected chi connectivity index (χ3v) is 9.05. The normalized spacial score (nSPS) is 21.3. The van der Waals surface area contributed by atoms with Gasteiger partial charge in [-0.15, -0.1) is 0 Å². The summed E-state index contributed by atoms with van der Waals surface area (Å²) in [6, 6.07) is 7.44. The summed E-state index contributed by atoms with van der Waals surface area (Å²) in [5.74, 6) is 2.43. The largest absolute Gasteiger partial charge is 0.497 e. The molecule has 7 heteroatoms. The van der Waals surface area contributed by atoms with Crippen molar-refractivity contribution in [1.29, 1.82) is 0 Å². The van der Waals surface area contributed by atoms with Crippen LogP contribution >= 0.6 is 11.8 Å². The van der Waals surface area contributed by atoms with Gasteiger partial charge < -0.3 is 14.4 Å². The lowest BCUT2D eigenvalue weighted by atomic mass is 9.79. The van der Waals surface area contributed by atoms with Gasteiger partial charge in [-0.3, -0.25) is 14.6 Å². The Morgan fingerprint density at radius 3 is 2.71 bits per heavy atom. The number of esters is 1. The number of carbonyl (C=O) groups is 2. The van der Waals surface area contributed by atoms with Crippen molar-refractivity contribution in [2.75, 3.05) is 39.6 Å². The molecular weight excluding hydrogens is 460 g/mol. The molecule has 2 atom stereocenters. The lowest BCUT2D eigenvalue weighted by Gasteiger charge is -2.38. The third-order valence-electron chi connectivity index (χ3n) is 7.69. The minimum atomic E-state index is -0.152. The van der Waals surface area contributed by atoms with E-state index in [1.165, 1.54) is 32.8 Å². The highest BCUT2D eigenvalue weighted by Crippen LogP contribution is 2.33. The maximum atomic E-state index is 13.2. The highest BCUT2D eigenvalue weighted by molar-refractivity contribution is 7.99. The summed E-state index contributed by atoms with van der Waals surface area (Å²) in [4.78, 5) is 32.3. The SMILES string of the molecule is COC(=O)C[C@H]1CN(CCSC2CCCC2)CC[C@H]1CCC(=O)c1ccnc2ccc(OC)cc12. The topological polar surface area (TPSA) is 68.7 Å². The van der Waals surface area contributed by atoms with Gasteiger partial charge in [-0.1, -0.05) is 12.8 Å². The van der Waals surface area contributed by atoms with E-state index in [-0.39, 0.29) is 17.7 Å². The second-order valence-corrected chi connectivity index (χ2v) is 11.3. The van der Waals surface area contributed by atoms with Crippen LogP contribution in [0.4, 0.5) is 0 Å². The summed E-state index contributed by atoms with van der Waals surface area (Å²) in [7, 11) is 3.09. The summed E-state index contributed by atoms with van der Waals surface area (Å²) in [6.45, 7) is 3.03. The fraction of sp³-hybridized carbons (Fsp3) is 0.607. The number of ketones is 1. The zero-order chi connectivity index (χ0) is 24.6. The number of Topliss-reactive ketones (excluding diaryl/α,β-unsaturated/α-hetero) is 1. The zero-order valence-corrected chi connectivity index (χ0v) is 21.9. The first-order chi connectivity index (χ1) is 17.1. The number of piperidine rings is 1. The number of fused-ring (bicyclic) bond motifs is 1. The van der Waals surface area contributed by atoms with Crippen LogP contribution in [0.1, 0.15) is 61.7 Å². The maximum absolute atomic E-state index is 13.2. The van der Waals surface area contributed by atoms with Gasteiger partial charge in [0.2, 0.25) is 0 Å². The summed E-state index contributed by atoms with van der Waals surface area (Å²) in [5, 5.41) is 1.67. The van der Waals surface area contributed by atoms with E-state index >= 15 is 0 Å². The molecule has 0 spiro atoms. The smallest absolute Gasteiger partial charge is 0.305 e. The first kappa shape index (κ1) is 26.0. The average molecular weight is 499 g/mol. The van der Waals surface area contributed by atoms with Crippen molar-refractivity contribution in [1.82, 2.24) is 9.88 Å². The van der Waals surface area contributed by atoms with Crippen LogP contribution in [-0.2, 0) is 9.53 Å². The van der Waals surface area contributed by atoms with Crippen LogP contribution in [0.15, 0.2) is 30.5 Å². The molecule has 1 saturated heterocycles. The maximum Gasteiger partial charge on any atom is 0.305 e. The summed E-state index contributed by atoms with van der Waals surface area (Å²) >= 11 is 2.12. The fourth-order valence-electron chi connectivity index (χ4n) is 5.62. The van der Waals surface area contributed by atoms with Gasteiger partial charge in [0.1, 0.15) is 5.75 Å². The van der Waals surface area contributed by atoms with Crippen LogP contribution in [0.3, 0.4) is 0 Å². The van der Waals surface area contributed by atoms with Crippen molar-refractivity contribution < 1.29 is 19.1 Å². The van der Waals surface area contributed by atoms with Gasteiger partial charge in [0.25, 0.3) is 0 Å². The zero-order valence-electron chi connectivity index (χ0n) is 21.0. The van der Waals surface area contributed by atoms with Gasteiger partial charge >= 0.3 is 5.97 Å². The van der Waals surface area contributed by atoms with Gasteiger partial charge in [-0.2, -0.15) is 11.8 Å². The number of benzene rings is 1. The number of hydrogen-bond acceptors (Lipinski definition) is 7. The minimum Gasteiger partial charge on any atom is -0.497 e. The Bertz CT molecular complexity index is 1010. The van der Waals surface area contributed by atoms with E-state index < -0.39 is 0 Å². The monoisotopic (exact) mass is 498 g/mol. The van der Waals surface area contributed by atoms with Gasteiger partial charge in [-0.25, -0.2) is 0 Å². The fourth-order valence-corrected chi connectivity index (χ4v) is 6.98. The minimum absolute atomic E-state index is 0.123. The lowest BCUT2D eigenvalue weighted by Crippen LogP contribution is -2.42. The molecule has 1 saturated carbocycles. The molecule has 0 bridgehead atoms. The molecule has 0 unspecified atom stereocenters. The van der Waals surface area contributed by atoms with Crippen LogP contribution < -0.4 is 4.74 Å². The van der Waals surface area contributed by atoms with E-state index in [4.69, 9.17) is 9.47 Å². The van der Waals surface area contributed by atoms with E-state index in [0.29, 0.717) is 24.3 Å². The highest BCUT2D eigenvalue weighted by atomic mass is 32.2. The number of likely N-dealkylation sites (tertiary alicyclic amines) is 1. The van der Waals surface area contributed by atoms with E-state index in [0.717, 1.165) is 60.1 Å². The number of thioether (sulfide) groups is 1. The molecule has 2 aliphatic rings. The number of carbonyl (C=O) groups excluding carboxylic acids is 2. The highest BCUT2D eigenvalue weighted by Gasteiger charge is 2.31. The summed E-state index contributed by atoms with van der Waals surface area (Å²) < 4.78 is 10.4. The quantitative estimate of drug-likeness (QED) is 0.304. The number of ether oxygens (including phenoxy) is 2. The Morgan fingerprint density at radius 2 is 1.94 bits per heavy atom. The Kier molecular flexibility index (Phi) is 9.44. The van der Waals surface area contributed by atoms with E-state index in [1.54, 1.807) is 19.4 Å². The van der Waals surface area contributed by atoms with Crippen LogP contribution in [0.5, 0.6) is 5.75 Å². The molecule has 0 N–H and O–H groups in total. The number of nitrogens with zero attached hydrogens (tertiary/aromatic N) is 2. The molecule has 0 amide bonds.